The smallest absolute Gasteiger partial charge is 0.0541 e. The summed E-state index contributed by atoms with van der Waals surface area (Å²) in [5.74, 6) is 0. The minimum atomic E-state index is 1.16. The first-order valence-corrected chi connectivity index (χ1v) is 15.5. The molecule has 8 aromatic carbocycles. The molecule has 0 N–H and O–H groups in total. The number of hydrogen-bond acceptors (Lipinski definition) is 0. The second-order valence-corrected chi connectivity index (χ2v) is 11.7. The molecule has 0 aliphatic rings. The molecule has 0 spiro atoms. The summed E-state index contributed by atoms with van der Waals surface area (Å²) in [6.07, 6.45) is 0. The van der Waals surface area contributed by atoms with Crippen LogP contribution in [0.4, 0.5) is 0 Å². The number of benzene rings is 8. The summed E-state index contributed by atoms with van der Waals surface area (Å²) in [6.45, 7) is 0. The molecular formula is C44H29N. The third-order valence-corrected chi connectivity index (χ3v) is 9.19. The molecule has 9 aromatic rings. The van der Waals surface area contributed by atoms with Crippen LogP contribution in [0.1, 0.15) is 0 Å². The van der Waals surface area contributed by atoms with Gasteiger partial charge in [-0.25, -0.2) is 0 Å². The Morgan fingerprint density at radius 3 is 1.29 bits per heavy atom. The standard InChI is InChI=1S/C44H29N/c1-3-13-30(14-4-1)33-25-28-39-40(29-33)44(38-20-8-7-19-37(38)43(39)31-15-5-2-6-16-31)32-23-26-34(27-24-32)45-41-21-11-9-17-35(41)36-18-10-12-22-42(36)45/h1-29H. The SMILES string of the molecule is c1ccc(-c2ccc3c(-c4ccccc4)c4ccccc4c(-c4ccc(-n5c6ccccc6c6ccccc65)cc4)c3c2)cc1. The molecule has 0 atom stereocenters. The van der Waals surface area contributed by atoms with Crippen LogP contribution in [0.15, 0.2) is 176 Å². The summed E-state index contributed by atoms with van der Waals surface area (Å²) >= 11 is 0. The maximum Gasteiger partial charge on any atom is 0.0541 e. The van der Waals surface area contributed by atoms with Crippen molar-refractivity contribution in [2.24, 2.45) is 0 Å². The van der Waals surface area contributed by atoms with Gasteiger partial charge >= 0.3 is 0 Å². The van der Waals surface area contributed by atoms with Crippen LogP contribution in [0.3, 0.4) is 0 Å². The average molecular weight is 572 g/mol. The number of aromatic nitrogens is 1. The monoisotopic (exact) mass is 571 g/mol. The number of nitrogens with zero attached hydrogens (tertiary/aromatic N) is 1. The second-order valence-electron chi connectivity index (χ2n) is 11.7. The van der Waals surface area contributed by atoms with Crippen molar-refractivity contribution in [3.63, 3.8) is 0 Å². The Balaban J connectivity index is 1.32. The average Bonchev–Trinajstić information content (AvgIpc) is 3.45. The first kappa shape index (κ1) is 25.6. The van der Waals surface area contributed by atoms with Gasteiger partial charge in [0.2, 0.25) is 0 Å². The van der Waals surface area contributed by atoms with Gasteiger partial charge in [0.25, 0.3) is 0 Å². The van der Waals surface area contributed by atoms with Gasteiger partial charge in [-0.1, -0.05) is 146 Å². The molecule has 1 aromatic heterocycles. The van der Waals surface area contributed by atoms with Gasteiger partial charge in [-0.15, -0.1) is 0 Å². The van der Waals surface area contributed by atoms with Gasteiger partial charge in [-0.2, -0.15) is 0 Å². The lowest BCUT2D eigenvalue weighted by atomic mass is 9.85. The molecule has 210 valence electrons. The molecular weight excluding hydrogens is 542 g/mol. The van der Waals surface area contributed by atoms with E-state index in [0.29, 0.717) is 0 Å². The molecule has 0 saturated heterocycles. The van der Waals surface area contributed by atoms with Gasteiger partial charge < -0.3 is 4.57 Å². The molecule has 0 unspecified atom stereocenters. The summed E-state index contributed by atoms with van der Waals surface area (Å²) in [6, 6.07) is 63.9. The van der Waals surface area contributed by atoms with E-state index in [1.54, 1.807) is 0 Å². The highest BCUT2D eigenvalue weighted by atomic mass is 15.0. The van der Waals surface area contributed by atoms with E-state index in [9.17, 15) is 0 Å². The van der Waals surface area contributed by atoms with E-state index in [2.05, 4.69) is 180 Å². The quantitative estimate of drug-likeness (QED) is 0.185. The molecule has 0 bridgehead atoms. The minimum Gasteiger partial charge on any atom is -0.309 e. The van der Waals surface area contributed by atoms with Gasteiger partial charge in [0, 0.05) is 16.5 Å². The highest BCUT2D eigenvalue weighted by molar-refractivity contribution is 6.22. The van der Waals surface area contributed by atoms with Gasteiger partial charge in [0.15, 0.2) is 0 Å². The predicted molar refractivity (Wildman–Crippen MR) is 192 cm³/mol. The van der Waals surface area contributed by atoms with Crippen LogP contribution < -0.4 is 0 Å². The molecule has 0 fully saturated rings. The van der Waals surface area contributed by atoms with Crippen molar-refractivity contribution in [2.75, 3.05) is 0 Å². The topological polar surface area (TPSA) is 4.93 Å². The van der Waals surface area contributed by atoms with Crippen LogP contribution >= 0.6 is 0 Å². The Hall–Kier alpha value is -5.92. The zero-order chi connectivity index (χ0) is 29.7. The largest absolute Gasteiger partial charge is 0.309 e. The molecule has 0 aliphatic carbocycles. The summed E-state index contributed by atoms with van der Waals surface area (Å²) in [5.41, 5.74) is 11.1. The van der Waals surface area contributed by atoms with Crippen LogP contribution in [0.5, 0.6) is 0 Å². The van der Waals surface area contributed by atoms with Crippen LogP contribution in [0.25, 0.3) is 82.4 Å². The van der Waals surface area contributed by atoms with Crippen LogP contribution in [-0.4, -0.2) is 4.57 Å². The second kappa shape index (κ2) is 10.4. The highest BCUT2D eigenvalue weighted by Crippen LogP contribution is 2.45. The Bertz CT molecular complexity index is 2450. The first-order valence-electron chi connectivity index (χ1n) is 15.5. The highest BCUT2D eigenvalue weighted by Gasteiger charge is 2.18. The van der Waals surface area contributed by atoms with Crippen molar-refractivity contribution in [1.82, 2.24) is 4.57 Å². The zero-order valence-corrected chi connectivity index (χ0v) is 24.7. The van der Waals surface area contributed by atoms with Gasteiger partial charge in [0.05, 0.1) is 11.0 Å². The van der Waals surface area contributed by atoms with E-state index in [4.69, 9.17) is 0 Å². The zero-order valence-electron chi connectivity index (χ0n) is 24.7. The summed E-state index contributed by atoms with van der Waals surface area (Å²) < 4.78 is 2.39. The van der Waals surface area contributed by atoms with Crippen LogP contribution in [-0.2, 0) is 0 Å². The van der Waals surface area contributed by atoms with E-state index < -0.39 is 0 Å². The fraction of sp³-hybridized carbons (Fsp3) is 0. The van der Waals surface area contributed by atoms with Crippen LogP contribution in [0.2, 0.25) is 0 Å². The number of para-hydroxylation sites is 2. The normalized spacial score (nSPS) is 11.6. The Labute approximate surface area is 262 Å². The molecule has 0 aliphatic heterocycles. The third kappa shape index (κ3) is 4.09. The maximum absolute atomic E-state index is 2.39. The predicted octanol–water partition coefficient (Wildman–Crippen LogP) is 12.1. The Morgan fingerprint density at radius 2 is 0.689 bits per heavy atom. The fourth-order valence-corrected chi connectivity index (χ4v) is 7.19. The minimum absolute atomic E-state index is 1.16. The Morgan fingerprint density at radius 1 is 0.267 bits per heavy atom. The van der Waals surface area contributed by atoms with E-state index in [-0.39, 0.29) is 0 Å². The van der Waals surface area contributed by atoms with Crippen molar-refractivity contribution in [2.45, 2.75) is 0 Å². The molecule has 9 rings (SSSR count). The maximum atomic E-state index is 2.39. The van der Waals surface area contributed by atoms with Crippen molar-refractivity contribution in [3.8, 4) is 39.1 Å². The van der Waals surface area contributed by atoms with E-state index in [0.717, 1.165) is 5.69 Å². The third-order valence-electron chi connectivity index (χ3n) is 9.19. The van der Waals surface area contributed by atoms with E-state index >= 15 is 0 Å². The van der Waals surface area contributed by atoms with Gasteiger partial charge in [-0.3, -0.25) is 0 Å². The van der Waals surface area contributed by atoms with Crippen molar-refractivity contribution >= 4 is 43.4 Å². The number of fused-ring (bicyclic) bond motifs is 5. The fourth-order valence-electron chi connectivity index (χ4n) is 7.19. The number of rotatable bonds is 4. The first-order chi connectivity index (χ1) is 22.3. The van der Waals surface area contributed by atoms with E-state index in [1.807, 2.05) is 0 Å². The molecule has 1 nitrogen and oxygen atoms in total. The molecule has 45 heavy (non-hydrogen) atoms. The lowest BCUT2D eigenvalue weighted by Gasteiger charge is -2.19. The van der Waals surface area contributed by atoms with Crippen molar-refractivity contribution in [3.05, 3.63) is 176 Å². The van der Waals surface area contributed by atoms with Crippen LogP contribution in [0, 0.1) is 0 Å². The summed E-state index contributed by atoms with van der Waals surface area (Å²) in [7, 11) is 0. The molecule has 1 heteroatoms. The summed E-state index contributed by atoms with van der Waals surface area (Å²) in [4.78, 5) is 0. The van der Waals surface area contributed by atoms with Gasteiger partial charge in [-0.05, 0) is 85.3 Å². The number of hydrogen-bond donors (Lipinski definition) is 0. The van der Waals surface area contributed by atoms with Crippen molar-refractivity contribution < 1.29 is 0 Å². The van der Waals surface area contributed by atoms with Gasteiger partial charge in [0.1, 0.15) is 0 Å². The Kier molecular flexibility index (Phi) is 5.89. The molecule has 0 amide bonds. The molecule has 0 radical (unpaired) electrons. The van der Waals surface area contributed by atoms with Crippen molar-refractivity contribution in [1.29, 1.82) is 0 Å². The molecule has 0 saturated carbocycles. The lowest BCUT2D eigenvalue weighted by Crippen LogP contribution is -1.95. The lowest BCUT2D eigenvalue weighted by molar-refractivity contribution is 1.18. The summed E-state index contributed by atoms with van der Waals surface area (Å²) in [5, 5.41) is 7.61. The van der Waals surface area contributed by atoms with E-state index in [1.165, 1.54) is 76.7 Å². The molecule has 1 heterocycles.